The summed E-state index contributed by atoms with van der Waals surface area (Å²) in [5, 5.41) is 13.5. The Labute approximate surface area is 145 Å². The lowest BCUT2D eigenvalue weighted by atomic mass is 9.85. The van der Waals surface area contributed by atoms with Crippen molar-refractivity contribution < 1.29 is 14.7 Å². The van der Waals surface area contributed by atoms with Crippen LogP contribution in [-0.4, -0.2) is 28.0 Å². The van der Waals surface area contributed by atoms with E-state index in [1.54, 1.807) is 24.3 Å². The predicted octanol–water partition coefficient (Wildman–Crippen LogP) is 3.97. The Kier molecular flexibility index (Phi) is 5.09. The molecule has 1 aromatic heterocycles. The lowest BCUT2D eigenvalue weighted by Gasteiger charge is -2.24. The molecule has 1 aliphatic carbocycles. The molecular formula is C18H21ClN2O3. The van der Waals surface area contributed by atoms with Crippen molar-refractivity contribution in [2.45, 2.75) is 44.6 Å². The van der Waals surface area contributed by atoms with Crippen LogP contribution in [0.2, 0.25) is 5.02 Å². The van der Waals surface area contributed by atoms with Crippen molar-refractivity contribution >= 4 is 34.4 Å². The second-order valence-electron chi connectivity index (χ2n) is 6.52. The first-order chi connectivity index (χ1) is 11.5. The van der Waals surface area contributed by atoms with Crippen LogP contribution < -0.4 is 5.32 Å². The van der Waals surface area contributed by atoms with Crippen molar-refractivity contribution in [2.75, 3.05) is 0 Å². The molecule has 5 nitrogen and oxygen atoms in total. The summed E-state index contributed by atoms with van der Waals surface area (Å²) in [6, 6.07) is 6.14. The van der Waals surface area contributed by atoms with Crippen LogP contribution in [0.1, 0.15) is 49.0 Å². The zero-order valence-electron chi connectivity index (χ0n) is 13.3. The fraction of sp³-hybridized carbons (Fsp3) is 0.444. The van der Waals surface area contributed by atoms with Crippen LogP contribution in [0.5, 0.6) is 0 Å². The first-order valence-corrected chi connectivity index (χ1v) is 8.72. The van der Waals surface area contributed by atoms with Gasteiger partial charge in [-0.15, -0.1) is 0 Å². The minimum atomic E-state index is -0.979. The number of H-pyrrole nitrogens is 1. The molecule has 0 aliphatic heterocycles. The van der Waals surface area contributed by atoms with Gasteiger partial charge < -0.3 is 15.4 Å². The summed E-state index contributed by atoms with van der Waals surface area (Å²) in [5.74, 6) is -1.000. The molecule has 1 heterocycles. The van der Waals surface area contributed by atoms with E-state index in [0.29, 0.717) is 23.1 Å². The topological polar surface area (TPSA) is 82.2 Å². The lowest BCUT2D eigenvalue weighted by molar-refractivity contribution is -0.139. The maximum absolute atomic E-state index is 12.4. The van der Waals surface area contributed by atoms with Crippen molar-refractivity contribution in [1.29, 1.82) is 0 Å². The van der Waals surface area contributed by atoms with Crippen molar-refractivity contribution in [2.24, 2.45) is 5.92 Å². The third-order valence-electron chi connectivity index (χ3n) is 4.72. The number of benzene rings is 1. The first-order valence-electron chi connectivity index (χ1n) is 8.35. The fourth-order valence-electron chi connectivity index (χ4n) is 3.44. The first kappa shape index (κ1) is 16.8. The highest BCUT2D eigenvalue weighted by Gasteiger charge is 2.26. The normalized spacial score (nSPS) is 16.9. The SMILES string of the molecule is O=C(NC(CC1CCCCC1)C(=O)O)c1cc2cc(Cl)ccc2[nH]1. The fourth-order valence-corrected chi connectivity index (χ4v) is 3.62. The molecule has 1 atom stereocenters. The van der Waals surface area contributed by atoms with E-state index < -0.39 is 17.9 Å². The summed E-state index contributed by atoms with van der Waals surface area (Å²) in [4.78, 5) is 26.9. The number of aromatic amines is 1. The third kappa shape index (κ3) is 3.90. The number of aliphatic carboxylic acids is 1. The Morgan fingerprint density at radius 3 is 2.71 bits per heavy atom. The number of carboxylic acid groups (broad SMARTS) is 1. The number of hydrogen-bond donors (Lipinski definition) is 3. The minimum absolute atomic E-state index is 0.349. The van der Waals surface area contributed by atoms with Gasteiger partial charge in [0.15, 0.2) is 0 Å². The van der Waals surface area contributed by atoms with Gasteiger partial charge in [0.1, 0.15) is 11.7 Å². The van der Waals surface area contributed by atoms with Gasteiger partial charge in [0.25, 0.3) is 5.91 Å². The van der Waals surface area contributed by atoms with Crippen LogP contribution >= 0.6 is 11.6 Å². The molecule has 1 saturated carbocycles. The van der Waals surface area contributed by atoms with Crippen LogP contribution in [0.3, 0.4) is 0 Å². The van der Waals surface area contributed by atoms with E-state index in [2.05, 4.69) is 10.3 Å². The van der Waals surface area contributed by atoms with Crippen molar-refractivity contribution in [3.05, 3.63) is 35.0 Å². The van der Waals surface area contributed by atoms with Crippen LogP contribution in [-0.2, 0) is 4.79 Å². The van der Waals surface area contributed by atoms with Crippen molar-refractivity contribution in [3.63, 3.8) is 0 Å². The van der Waals surface area contributed by atoms with Crippen LogP contribution in [0.25, 0.3) is 10.9 Å². The number of amides is 1. The summed E-state index contributed by atoms with van der Waals surface area (Å²) < 4.78 is 0. The van der Waals surface area contributed by atoms with E-state index >= 15 is 0 Å². The molecular weight excluding hydrogens is 328 g/mol. The number of hydrogen-bond acceptors (Lipinski definition) is 2. The molecule has 1 amide bonds. The average Bonchev–Trinajstić information content (AvgIpc) is 2.98. The van der Waals surface area contributed by atoms with Gasteiger partial charge in [-0.3, -0.25) is 4.79 Å². The molecule has 1 aromatic carbocycles. The van der Waals surface area contributed by atoms with Gasteiger partial charge in [-0.05, 0) is 36.6 Å². The predicted molar refractivity (Wildman–Crippen MR) is 93.4 cm³/mol. The summed E-state index contributed by atoms with van der Waals surface area (Å²) in [5.41, 5.74) is 1.14. The smallest absolute Gasteiger partial charge is 0.326 e. The molecule has 0 bridgehead atoms. The minimum Gasteiger partial charge on any atom is -0.480 e. The Hall–Kier alpha value is -2.01. The monoisotopic (exact) mass is 348 g/mol. The zero-order chi connectivity index (χ0) is 17.1. The number of rotatable bonds is 5. The second-order valence-corrected chi connectivity index (χ2v) is 6.96. The molecule has 1 aliphatic rings. The number of fused-ring (bicyclic) bond motifs is 1. The largest absolute Gasteiger partial charge is 0.480 e. The van der Waals surface area contributed by atoms with Gasteiger partial charge in [-0.2, -0.15) is 0 Å². The standard InChI is InChI=1S/C18H21ClN2O3/c19-13-6-7-14-12(9-13)10-15(20-14)17(22)21-16(18(23)24)8-11-4-2-1-3-5-11/h6-7,9-11,16,20H,1-5,8H2,(H,21,22)(H,23,24). The second kappa shape index (κ2) is 7.26. The Morgan fingerprint density at radius 1 is 1.25 bits per heavy atom. The highest BCUT2D eigenvalue weighted by atomic mass is 35.5. The number of carboxylic acids is 1. The third-order valence-corrected chi connectivity index (χ3v) is 4.96. The molecule has 3 N–H and O–H groups in total. The molecule has 1 fully saturated rings. The molecule has 0 saturated heterocycles. The number of aromatic nitrogens is 1. The summed E-state index contributed by atoms with van der Waals surface area (Å²) in [6.07, 6.45) is 6.10. The number of nitrogens with one attached hydrogen (secondary N) is 2. The van der Waals surface area contributed by atoms with E-state index in [9.17, 15) is 14.7 Å². The van der Waals surface area contributed by atoms with E-state index in [4.69, 9.17) is 11.6 Å². The highest BCUT2D eigenvalue weighted by Crippen LogP contribution is 2.27. The Bertz CT molecular complexity index is 750. The Balaban J connectivity index is 1.70. The number of carbonyl (C=O) groups is 2. The van der Waals surface area contributed by atoms with Crippen molar-refractivity contribution in [3.8, 4) is 0 Å². The van der Waals surface area contributed by atoms with Gasteiger partial charge in [-0.1, -0.05) is 43.7 Å². The zero-order valence-corrected chi connectivity index (χ0v) is 14.1. The molecule has 0 radical (unpaired) electrons. The maximum atomic E-state index is 12.4. The summed E-state index contributed by atoms with van der Waals surface area (Å²) >= 11 is 5.95. The van der Waals surface area contributed by atoms with Crippen molar-refractivity contribution in [1.82, 2.24) is 10.3 Å². The highest BCUT2D eigenvalue weighted by molar-refractivity contribution is 6.31. The van der Waals surface area contributed by atoms with Gasteiger partial charge >= 0.3 is 5.97 Å². The van der Waals surface area contributed by atoms with E-state index in [-0.39, 0.29) is 0 Å². The van der Waals surface area contributed by atoms with Crippen LogP contribution in [0.4, 0.5) is 0 Å². The van der Waals surface area contributed by atoms with E-state index in [1.807, 2.05) is 0 Å². The summed E-state index contributed by atoms with van der Waals surface area (Å²) in [6.45, 7) is 0. The van der Waals surface area contributed by atoms with Gasteiger partial charge in [0.05, 0.1) is 0 Å². The van der Waals surface area contributed by atoms with Gasteiger partial charge in [0.2, 0.25) is 0 Å². The Morgan fingerprint density at radius 2 is 2.00 bits per heavy atom. The van der Waals surface area contributed by atoms with Crippen LogP contribution in [0, 0.1) is 5.92 Å². The average molecular weight is 349 g/mol. The van der Waals surface area contributed by atoms with Gasteiger partial charge in [-0.25, -0.2) is 4.79 Å². The van der Waals surface area contributed by atoms with E-state index in [1.165, 1.54) is 6.42 Å². The lowest BCUT2D eigenvalue weighted by Crippen LogP contribution is -2.42. The van der Waals surface area contributed by atoms with Gasteiger partial charge in [0, 0.05) is 15.9 Å². The molecule has 0 spiro atoms. The quantitative estimate of drug-likeness (QED) is 0.764. The molecule has 1 unspecified atom stereocenters. The van der Waals surface area contributed by atoms with Crippen LogP contribution in [0.15, 0.2) is 24.3 Å². The molecule has 24 heavy (non-hydrogen) atoms. The summed E-state index contributed by atoms with van der Waals surface area (Å²) in [7, 11) is 0. The number of carbonyl (C=O) groups excluding carboxylic acids is 1. The van der Waals surface area contributed by atoms with E-state index in [0.717, 1.165) is 36.6 Å². The maximum Gasteiger partial charge on any atom is 0.326 e. The number of halogens is 1. The molecule has 2 aromatic rings. The molecule has 128 valence electrons. The molecule has 6 heteroatoms. The molecule has 3 rings (SSSR count).